The van der Waals surface area contributed by atoms with Gasteiger partial charge in [-0.25, -0.2) is 0 Å². The summed E-state index contributed by atoms with van der Waals surface area (Å²) in [6.45, 7) is 4.65. The van der Waals surface area contributed by atoms with Crippen molar-refractivity contribution in [3.05, 3.63) is 23.8 Å². The van der Waals surface area contributed by atoms with Crippen LogP contribution in [0.25, 0.3) is 0 Å². The van der Waals surface area contributed by atoms with Crippen molar-refractivity contribution >= 4 is 0 Å². The Morgan fingerprint density at radius 1 is 1.33 bits per heavy atom. The Labute approximate surface area is 108 Å². The summed E-state index contributed by atoms with van der Waals surface area (Å²) in [5.41, 5.74) is 7.06. The molecule has 0 radical (unpaired) electrons. The average Bonchev–Trinajstić information content (AvgIpc) is 2.37. The number of methoxy groups -OCH3 is 1. The molecule has 3 atom stereocenters. The molecule has 0 amide bonds. The van der Waals surface area contributed by atoms with E-state index in [9.17, 15) is 0 Å². The second kappa shape index (κ2) is 5.59. The molecular formula is C14H21NO3. The van der Waals surface area contributed by atoms with Gasteiger partial charge in [0, 0.05) is 19.1 Å². The van der Waals surface area contributed by atoms with E-state index < -0.39 is 0 Å². The lowest BCUT2D eigenvalue weighted by Gasteiger charge is -2.41. The molecule has 0 spiro atoms. The van der Waals surface area contributed by atoms with Crippen molar-refractivity contribution in [2.75, 3.05) is 13.7 Å². The highest BCUT2D eigenvalue weighted by Gasteiger charge is 2.41. The van der Waals surface area contributed by atoms with Crippen LogP contribution in [0.15, 0.2) is 18.2 Å². The topological polar surface area (TPSA) is 53.7 Å². The molecule has 0 bridgehead atoms. The smallest absolute Gasteiger partial charge is 0.161 e. The minimum Gasteiger partial charge on any atom is -0.493 e. The van der Waals surface area contributed by atoms with Gasteiger partial charge in [-0.1, -0.05) is 6.07 Å². The van der Waals surface area contributed by atoms with Crippen molar-refractivity contribution in [1.29, 1.82) is 0 Å². The Morgan fingerprint density at radius 3 is 2.72 bits per heavy atom. The molecule has 0 aromatic heterocycles. The predicted octanol–water partition coefficient (Wildman–Crippen LogP) is 1.89. The minimum absolute atomic E-state index is 0.0130. The number of hydrogen-bond acceptors (Lipinski definition) is 4. The first-order valence-electron chi connectivity index (χ1n) is 6.34. The van der Waals surface area contributed by atoms with E-state index in [0.717, 1.165) is 23.5 Å². The van der Waals surface area contributed by atoms with Gasteiger partial charge < -0.3 is 19.9 Å². The van der Waals surface area contributed by atoms with Gasteiger partial charge in [0.1, 0.15) is 12.2 Å². The van der Waals surface area contributed by atoms with E-state index in [0.29, 0.717) is 6.61 Å². The molecule has 100 valence electrons. The Hall–Kier alpha value is -1.26. The van der Waals surface area contributed by atoms with Crippen molar-refractivity contribution in [1.82, 2.24) is 0 Å². The standard InChI is InChI=1S/C14H21NO3/c1-4-17-14-10(15)8-13(14)18-11-6-5-9(2)7-12(11)16-3/h5-7,10,13-14H,4,8,15H2,1-3H3. The molecule has 1 saturated carbocycles. The Bertz CT molecular complexity index is 408. The number of nitrogens with two attached hydrogens (primary N) is 1. The summed E-state index contributed by atoms with van der Waals surface area (Å²) < 4.78 is 16.8. The lowest BCUT2D eigenvalue weighted by molar-refractivity contribution is -0.0950. The maximum Gasteiger partial charge on any atom is 0.161 e. The third-order valence-electron chi connectivity index (χ3n) is 3.25. The lowest BCUT2D eigenvalue weighted by Crippen LogP contribution is -2.59. The summed E-state index contributed by atoms with van der Waals surface area (Å²) in [6, 6.07) is 5.97. The molecule has 2 rings (SSSR count). The largest absolute Gasteiger partial charge is 0.493 e. The van der Waals surface area contributed by atoms with Crippen molar-refractivity contribution < 1.29 is 14.2 Å². The summed E-state index contributed by atoms with van der Waals surface area (Å²) in [7, 11) is 1.65. The molecule has 1 aliphatic rings. The van der Waals surface area contributed by atoms with Crippen LogP contribution in [-0.4, -0.2) is 32.0 Å². The summed E-state index contributed by atoms with van der Waals surface area (Å²) in [5.74, 6) is 1.51. The number of rotatable bonds is 5. The zero-order valence-electron chi connectivity index (χ0n) is 11.2. The molecule has 2 N–H and O–H groups in total. The fourth-order valence-electron chi connectivity index (χ4n) is 2.19. The maximum absolute atomic E-state index is 5.93. The molecule has 4 nitrogen and oxygen atoms in total. The molecule has 0 heterocycles. The molecule has 3 unspecified atom stereocenters. The Morgan fingerprint density at radius 2 is 2.11 bits per heavy atom. The molecule has 1 fully saturated rings. The van der Waals surface area contributed by atoms with Crippen LogP contribution in [0.1, 0.15) is 18.9 Å². The van der Waals surface area contributed by atoms with Gasteiger partial charge in [-0.3, -0.25) is 0 Å². The number of ether oxygens (including phenoxy) is 3. The first kappa shape index (κ1) is 13.2. The molecule has 0 aliphatic heterocycles. The summed E-state index contributed by atoms with van der Waals surface area (Å²) in [4.78, 5) is 0. The van der Waals surface area contributed by atoms with Crippen molar-refractivity contribution in [2.24, 2.45) is 5.73 Å². The second-order valence-electron chi connectivity index (χ2n) is 4.63. The van der Waals surface area contributed by atoms with Crippen LogP contribution >= 0.6 is 0 Å². The van der Waals surface area contributed by atoms with E-state index in [1.54, 1.807) is 7.11 Å². The van der Waals surface area contributed by atoms with Crippen LogP contribution in [0, 0.1) is 6.92 Å². The van der Waals surface area contributed by atoms with E-state index in [-0.39, 0.29) is 18.2 Å². The first-order chi connectivity index (χ1) is 8.65. The van der Waals surface area contributed by atoms with Crippen LogP contribution in [0.5, 0.6) is 11.5 Å². The Kier molecular flexibility index (Phi) is 4.09. The normalized spacial score (nSPS) is 26.6. The monoisotopic (exact) mass is 251 g/mol. The zero-order valence-corrected chi connectivity index (χ0v) is 11.2. The van der Waals surface area contributed by atoms with E-state index >= 15 is 0 Å². The van der Waals surface area contributed by atoms with Gasteiger partial charge in [0.15, 0.2) is 11.5 Å². The molecule has 4 heteroatoms. The highest BCUT2D eigenvalue weighted by Crippen LogP contribution is 2.33. The van der Waals surface area contributed by atoms with E-state index in [1.807, 2.05) is 32.0 Å². The molecular weight excluding hydrogens is 230 g/mol. The van der Waals surface area contributed by atoms with Gasteiger partial charge in [0.2, 0.25) is 0 Å². The van der Waals surface area contributed by atoms with Crippen molar-refractivity contribution in [2.45, 2.75) is 38.5 Å². The fourth-order valence-corrected chi connectivity index (χ4v) is 2.19. The highest BCUT2D eigenvalue weighted by atomic mass is 16.6. The van der Waals surface area contributed by atoms with Crippen LogP contribution in [0.4, 0.5) is 0 Å². The maximum atomic E-state index is 5.93. The number of hydrogen-bond donors (Lipinski definition) is 1. The number of benzene rings is 1. The van der Waals surface area contributed by atoms with E-state index in [1.165, 1.54) is 0 Å². The summed E-state index contributed by atoms with van der Waals surface area (Å²) in [5, 5.41) is 0. The SMILES string of the molecule is CCOC1C(N)CC1Oc1ccc(C)cc1OC. The van der Waals surface area contributed by atoms with Gasteiger partial charge in [0.25, 0.3) is 0 Å². The van der Waals surface area contributed by atoms with Crippen LogP contribution < -0.4 is 15.2 Å². The van der Waals surface area contributed by atoms with Gasteiger partial charge in [-0.2, -0.15) is 0 Å². The van der Waals surface area contributed by atoms with Crippen LogP contribution in [0.2, 0.25) is 0 Å². The van der Waals surface area contributed by atoms with Crippen LogP contribution in [-0.2, 0) is 4.74 Å². The van der Waals surface area contributed by atoms with Gasteiger partial charge in [-0.15, -0.1) is 0 Å². The van der Waals surface area contributed by atoms with Gasteiger partial charge in [0.05, 0.1) is 7.11 Å². The van der Waals surface area contributed by atoms with Crippen LogP contribution in [0.3, 0.4) is 0 Å². The molecule has 0 saturated heterocycles. The van der Waals surface area contributed by atoms with Crippen molar-refractivity contribution in [3.63, 3.8) is 0 Å². The quantitative estimate of drug-likeness (QED) is 0.868. The van der Waals surface area contributed by atoms with Gasteiger partial charge in [-0.05, 0) is 31.5 Å². The third-order valence-corrected chi connectivity index (χ3v) is 3.25. The second-order valence-corrected chi connectivity index (χ2v) is 4.63. The summed E-state index contributed by atoms with van der Waals surface area (Å²) >= 11 is 0. The minimum atomic E-state index is -0.0130. The molecule has 1 aromatic rings. The molecule has 1 aliphatic carbocycles. The van der Waals surface area contributed by atoms with Crippen molar-refractivity contribution in [3.8, 4) is 11.5 Å². The third kappa shape index (κ3) is 2.60. The molecule has 18 heavy (non-hydrogen) atoms. The van der Waals surface area contributed by atoms with E-state index in [4.69, 9.17) is 19.9 Å². The lowest BCUT2D eigenvalue weighted by atomic mass is 9.86. The van der Waals surface area contributed by atoms with E-state index in [2.05, 4.69) is 0 Å². The number of aryl methyl sites for hydroxylation is 1. The average molecular weight is 251 g/mol. The fraction of sp³-hybridized carbons (Fsp3) is 0.571. The highest BCUT2D eigenvalue weighted by molar-refractivity contribution is 5.42. The predicted molar refractivity (Wildman–Crippen MR) is 70.2 cm³/mol. The first-order valence-corrected chi connectivity index (χ1v) is 6.34. The summed E-state index contributed by atoms with van der Waals surface area (Å²) in [6.07, 6.45) is 0.833. The van der Waals surface area contributed by atoms with Gasteiger partial charge >= 0.3 is 0 Å². The Balaban J connectivity index is 2.05. The molecule has 1 aromatic carbocycles. The zero-order chi connectivity index (χ0) is 13.1.